The Morgan fingerprint density at radius 2 is 2.19 bits per heavy atom. The van der Waals surface area contributed by atoms with E-state index in [0.717, 1.165) is 32.4 Å². The maximum Gasteiger partial charge on any atom is 0.211 e. The number of unbranched alkanes of at least 4 members (excludes halogenated alkanes) is 1. The largest absolute Gasteiger partial charge is 0.305 e. The number of nitrogens with zero attached hydrogens (tertiary/aromatic N) is 1. The second-order valence-corrected chi connectivity index (χ2v) is 6.69. The normalized spacial score (nSPS) is 23.5. The molecule has 1 rings (SSSR count). The molecule has 0 aromatic heterocycles. The SMILES string of the molecule is CN1CCCC(NS(=O)(=O)CCCCCl)C1. The van der Waals surface area contributed by atoms with Crippen molar-refractivity contribution in [3.05, 3.63) is 0 Å². The van der Waals surface area contributed by atoms with E-state index in [1.807, 2.05) is 7.05 Å². The van der Waals surface area contributed by atoms with Crippen molar-refractivity contribution in [3.63, 3.8) is 0 Å². The van der Waals surface area contributed by atoms with Crippen LogP contribution in [0, 0.1) is 0 Å². The summed E-state index contributed by atoms with van der Waals surface area (Å²) in [6.45, 7) is 1.87. The predicted molar refractivity (Wildman–Crippen MR) is 67.4 cm³/mol. The highest BCUT2D eigenvalue weighted by Gasteiger charge is 2.21. The zero-order valence-corrected chi connectivity index (χ0v) is 11.4. The third kappa shape index (κ3) is 5.48. The van der Waals surface area contributed by atoms with Crippen molar-refractivity contribution in [1.29, 1.82) is 0 Å². The van der Waals surface area contributed by atoms with E-state index in [1.165, 1.54) is 0 Å². The molecule has 1 atom stereocenters. The minimum Gasteiger partial charge on any atom is -0.305 e. The smallest absolute Gasteiger partial charge is 0.211 e. The summed E-state index contributed by atoms with van der Waals surface area (Å²) in [5, 5.41) is 0. The van der Waals surface area contributed by atoms with Gasteiger partial charge in [-0.2, -0.15) is 0 Å². The number of piperidine rings is 1. The minimum absolute atomic E-state index is 0.0831. The van der Waals surface area contributed by atoms with E-state index < -0.39 is 10.0 Å². The van der Waals surface area contributed by atoms with Gasteiger partial charge in [-0.05, 0) is 39.3 Å². The first-order valence-corrected chi connectivity index (χ1v) is 7.97. The molecule has 1 saturated heterocycles. The first-order valence-electron chi connectivity index (χ1n) is 5.78. The fourth-order valence-corrected chi connectivity index (χ4v) is 3.55. The maximum absolute atomic E-state index is 11.7. The van der Waals surface area contributed by atoms with E-state index in [9.17, 15) is 8.42 Å². The fraction of sp³-hybridized carbons (Fsp3) is 1.00. The average Bonchev–Trinajstić information content (AvgIpc) is 2.17. The first-order chi connectivity index (χ1) is 7.53. The van der Waals surface area contributed by atoms with Crippen LogP contribution < -0.4 is 4.72 Å². The lowest BCUT2D eigenvalue weighted by molar-refractivity contribution is 0.242. The molecule has 1 N–H and O–H groups in total. The van der Waals surface area contributed by atoms with Crippen LogP contribution in [0.1, 0.15) is 25.7 Å². The molecule has 1 unspecified atom stereocenters. The van der Waals surface area contributed by atoms with Crippen molar-refractivity contribution in [2.24, 2.45) is 0 Å². The fourth-order valence-electron chi connectivity index (χ4n) is 1.96. The van der Waals surface area contributed by atoms with Gasteiger partial charge in [0, 0.05) is 18.5 Å². The molecule has 6 heteroatoms. The van der Waals surface area contributed by atoms with Crippen molar-refractivity contribution in [2.75, 3.05) is 31.8 Å². The molecule has 0 bridgehead atoms. The van der Waals surface area contributed by atoms with Gasteiger partial charge in [0.15, 0.2) is 0 Å². The molecule has 0 aliphatic carbocycles. The van der Waals surface area contributed by atoms with Crippen LogP contribution in [0.3, 0.4) is 0 Å². The van der Waals surface area contributed by atoms with Crippen LogP contribution in [0.5, 0.6) is 0 Å². The molecule has 1 fully saturated rings. The molecular formula is C10H21ClN2O2S. The van der Waals surface area contributed by atoms with Crippen LogP contribution in [-0.4, -0.2) is 51.1 Å². The van der Waals surface area contributed by atoms with Gasteiger partial charge in [-0.3, -0.25) is 0 Å². The van der Waals surface area contributed by atoms with Gasteiger partial charge in [-0.15, -0.1) is 11.6 Å². The van der Waals surface area contributed by atoms with Crippen LogP contribution in [0.2, 0.25) is 0 Å². The Labute approximate surface area is 103 Å². The second-order valence-electron chi connectivity index (χ2n) is 4.43. The Morgan fingerprint density at radius 1 is 1.44 bits per heavy atom. The monoisotopic (exact) mass is 268 g/mol. The molecule has 16 heavy (non-hydrogen) atoms. The van der Waals surface area contributed by atoms with Gasteiger partial charge < -0.3 is 4.90 Å². The molecule has 0 spiro atoms. The summed E-state index contributed by atoms with van der Waals surface area (Å²) >= 11 is 5.52. The van der Waals surface area contributed by atoms with Gasteiger partial charge in [-0.1, -0.05) is 0 Å². The summed E-state index contributed by atoms with van der Waals surface area (Å²) in [5.74, 6) is 0.724. The molecular weight excluding hydrogens is 248 g/mol. The molecule has 4 nitrogen and oxygen atoms in total. The number of sulfonamides is 1. The lowest BCUT2D eigenvalue weighted by Crippen LogP contribution is -2.46. The molecule has 0 amide bonds. The summed E-state index contributed by atoms with van der Waals surface area (Å²) in [6, 6.07) is 0.0831. The number of likely N-dealkylation sites (tertiary alicyclic amines) is 1. The maximum atomic E-state index is 11.7. The molecule has 0 saturated carbocycles. The number of nitrogens with one attached hydrogen (secondary N) is 1. The average molecular weight is 269 g/mol. The highest BCUT2D eigenvalue weighted by Crippen LogP contribution is 2.09. The quantitative estimate of drug-likeness (QED) is 0.578. The molecule has 0 radical (unpaired) electrons. The molecule has 0 aromatic carbocycles. The third-order valence-electron chi connectivity index (χ3n) is 2.77. The number of hydrogen-bond donors (Lipinski definition) is 1. The first kappa shape index (κ1) is 14.2. The lowest BCUT2D eigenvalue weighted by atomic mass is 10.1. The summed E-state index contributed by atoms with van der Waals surface area (Å²) < 4.78 is 26.2. The van der Waals surface area contributed by atoms with Gasteiger partial charge >= 0.3 is 0 Å². The Morgan fingerprint density at radius 3 is 2.81 bits per heavy atom. The van der Waals surface area contributed by atoms with Gasteiger partial charge in [0.05, 0.1) is 5.75 Å². The van der Waals surface area contributed by atoms with Gasteiger partial charge in [0.1, 0.15) is 0 Å². The van der Waals surface area contributed by atoms with Crippen molar-refractivity contribution in [2.45, 2.75) is 31.7 Å². The van der Waals surface area contributed by atoms with Crippen molar-refractivity contribution in [1.82, 2.24) is 9.62 Å². The van der Waals surface area contributed by atoms with E-state index in [1.54, 1.807) is 0 Å². The number of halogens is 1. The molecule has 1 aliphatic rings. The van der Waals surface area contributed by atoms with Crippen LogP contribution in [-0.2, 0) is 10.0 Å². The number of rotatable bonds is 6. The Bertz CT molecular complexity index is 295. The van der Waals surface area contributed by atoms with E-state index in [2.05, 4.69) is 9.62 Å². The molecule has 96 valence electrons. The van der Waals surface area contributed by atoms with E-state index >= 15 is 0 Å². The van der Waals surface area contributed by atoms with Gasteiger partial charge in [0.25, 0.3) is 0 Å². The Kier molecular flexibility index (Phi) is 6.03. The minimum atomic E-state index is -3.11. The second kappa shape index (κ2) is 6.79. The highest BCUT2D eigenvalue weighted by atomic mass is 35.5. The zero-order chi connectivity index (χ0) is 12.0. The van der Waals surface area contributed by atoms with Gasteiger partial charge in [0.2, 0.25) is 10.0 Å². The molecule has 1 heterocycles. The number of alkyl halides is 1. The summed E-state index contributed by atoms with van der Waals surface area (Å²) in [7, 11) is -1.09. The van der Waals surface area contributed by atoms with Crippen molar-refractivity contribution < 1.29 is 8.42 Å². The van der Waals surface area contributed by atoms with Crippen molar-refractivity contribution >= 4 is 21.6 Å². The Hall–Kier alpha value is 0.160. The zero-order valence-electron chi connectivity index (χ0n) is 9.78. The lowest BCUT2D eigenvalue weighted by Gasteiger charge is -2.29. The van der Waals surface area contributed by atoms with Crippen LogP contribution in [0.15, 0.2) is 0 Å². The summed E-state index contributed by atoms with van der Waals surface area (Å²) in [5.41, 5.74) is 0. The van der Waals surface area contributed by atoms with Gasteiger partial charge in [-0.25, -0.2) is 13.1 Å². The standard InChI is InChI=1S/C10H21ClN2O2S/c1-13-7-4-5-10(9-13)12-16(14,15)8-3-2-6-11/h10,12H,2-9H2,1H3. The summed E-state index contributed by atoms with van der Waals surface area (Å²) in [4.78, 5) is 2.16. The topological polar surface area (TPSA) is 49.4 Å². The van der Waals surface area contributed by atoms with E-state index in [4.69, 9.17) is 11.6 Å². The van der Waals surface area contributed by atoms with E-state index in [0.29, 0.717) is 12.3 Å². The van der Waals surface area contributed by atoms with Crippen LogP contribution in [0.25, 0.3) is 0 Å². The molecule has 0 aromatic rings. The third-order valence-corrected chi connectivity index (χ3v) is 4.55. The van der Waals surface area contributed by atoms with Crippen LogP contribution >= 0.6 is 11.6 Å². The number of hydrogen-bond acceptors (Lipinski definition) is 3. The highest BCUT2D eigenvalue weighted by molar-refractivity contribution is 7.89. The predicted octanol–water partition coefficient (Wildman–Crippen LogP) is 1.02. The Balaban J connectivity index is 2.33. The number of likely N-dealkylation sites (N-methyl/N-ethyl adjacent to an activating group) is 1. The van der Waals surface area contributed by atoms with Crippen molar-refractivity contribution in [3.8, 4) is 0 Å². The van der Waals surface area contributed by atoms with Crippen LogP contribution in [0.4, 0.5) is 0 Å². The molecule has 1 aliphatic heterocycles. The van der Waals surface area contributed by atoms with E-state index in [-0.39, 0.29) is 11.8 Å². The summed E-state index contributed by atoms with van der Waals surface area (Å²) in [6.07, 6.45) is 3.40.